The molecule has 0 unspecified atom stereocenters. The average Bonchev–Trinajstić information content (AvgIpc) is 2.80. The highest BCUT2D eigenvalue weighted by Crippen LogP contribution is 2.36. The summed E-state index contributed by atoms with van der Waals surface area (Å²) in [4.78, 5) is 0. The van der Waals surface area contributed by atoms with Crippen LogP contribution in [0.15, 0.2) is 36.0 Å². The maximum atomic E-state index is 4.31. The van der Waals surface area contributed by atoms with Crippen LogP contribution in [0.1, 0.15) is 44.1 Å². The molecule has 0 N–H and O–H groups in total. The highest BCUT2D eigenvalue weighted by molar-refractivity contribution is 5.79. The van der Waals surface area contributed by atoms with Gasteiger partial charge in [0.15, 0.2) is 0 Å². The zero-order valence-corrected chi connectivity index (χ0v) is 11.2. The predicted octanol–water partition coefficient (Wildman–Crippen LogP) is 4.18. The fourth-order valence-electron chi connectivity index (χ4n) is 3.05. The van der Waals surface area contributed by atoms with E-state index in [0.29, 0.717) is 0 Å². The fourth-order valence-corrected chi connectivity index (χ4v) is 3.05. The first-order valence-corrected chi connectivity index (χ1v) is 6.83. The Morgan fingerprint density at radius 2 is 2.06 bits per heavy atom. The third kappa shape index (κ3) is 1.96. The van der Waals surface area contributed by atoms with E-state index < -0.39 is 0 Å². The van der Waals surface area contributed by atoms with Gasteiger partial charge in [0.05, 0.1) is 11.7 Å². The summed E-state index contributed by atoms with van der Waals surface area (Å²) in [5, 5.41) is 5.59. The van der Waals surface area contributed by atoms with Gasteiger partial charge in [-0.15, -0.1) is 0 Å². The van der Waals surface area contributed by atoms with E-state index in [1.807, 2.05) is 17.9 Å². The molecule has 1 aromatic carbocycles. The van der Waals surface area contributed by atoms with Crippen LogP contribution in [0.4, 0.5) is 0 Å². The molecule has 3 rings (SSSR count). The summed E-state index contributed by atoms with van der Waals surface area (Å²) < 4.78 is 1.94. The normalized spacial score (nSPS) is 20.3. The number of hydrogen-bond donors (Lipinski definition) is 0. The molecule has 0 atom stereocenters. The van der Waals surface area contributed by atoms with Crippen LogP contribution in [-0.4, -0.2) is 9.78 Å². The number of rotatable bonds is 1. The third-order valence-corrected chi connectivity index (χ3v) is 4.28. The van der Waals surface area contributed by atoms with E-state index in [4.69, 9.17) is 0 Å². The van der Waals surface area contributed by atoms with Crippen molar-refractivity contribution in [2.24, 2.45) is 7.05 Å². The summed E-state index contributed by atoms with van der Waals surface area (Å²) in [6.07, 6.45) is 9.40. The van der Waals surface area contributed by atoms with Crippen molar-refractivity contribution in [3.63, 3.8) is 0 Å². The van der Waals surface area contributed by atoms with Gasteiger partial charge in [0.2, 0.25) is 0 Å². The smallest absolute Gasteiger partial charge is 0.0679 e. The van der Waals surface area contributed by atoms with Crippen LogP contribution < -0.4 is 0 Å². The van der Waals surface area contributed by atoms with E-state index in [0.717, 1.165) is 5.92 Å². The maximum Gasteiger partial charge on any atom is 0.0679 e. The first kappa shape index (κ1) is 11.5. The molecular formula is C16H20N2. The number of aryl methyl sites for hydroxylation is 1. The maximum absolute atomic E-state index is 4.31. The molecule has 1 fully saturated rings. The molecule has 1 heterocycles. The SMILES string of the molecule is CC=C1CCC(c2ccc3c(cnn3C)c2)CC1. The second-order valence-electron chi connectivity index (χ2n) is 5.31. The van der Waals surface area contributed by atoms with Crippen molar-refractivity contribution in [3.05, 3.63) is 41.6 Å². The minimum absolute atomic E-state index is 0.735. The third-order valence-electron chi connectivity index (χ3n) is 4.28. The lowest BCUT2D eigenvalue weighted by Crippen LogP contribution is -2.06. The number of nitrogens with zero attached hydrogens (tertiary/aromatic N) is 2. The van der Waals surface area contributed by atoms with Crippen LogP contribution in [0.3, 0.4) is 0 Å². The predicted molar refractivity (Wildman–Crippen MR) is 75.7 cm³/mol. The molecule has 2 nitrogen and oxygen atoms in total. The first-order chi connectivity index (χ1) is 8.78. The molecule has 2 heteroatoms. The second kappa shape index (κ2) is 4.60. The minimum Gasteiger partial charge on any atom is -0.268 e. The van der Waals surface area contributed by atoms with Gasteiger partial charge in [-0.3, -0.25) is 4.68 Å². The molecule has 0 radical (unpaired) electrons. The lowest BCUT2D eigenvalue weighted by Gasteiger charge is -2.24. The molecule has 1 aliphatic rings. The molecule has 1 saturated carbocycles. The molecule has 94 valence electrons. The Bertz CT molecular complexity index is 582. The molecular weight excluding hydrogens is 220 g/mol. The Balaban J connectivity index is 1.86. The van der Waals surface area contributed by atoms with Gasteiger partial charge < -0.3 is 0 Å². The molecule has 18 heavy (non-hydrogen) atoms. The number of allylic oxidation sites excluding steroid dienone is 2. The van der Waals surface area contributed by atoms with E-state index in [2.05, 4.69) is 36.3 Å². The van der Waals surface area contributed by atoms with Crippen molar-refractivity contribution in [1.29, 1.82) is 0 Å². The summed E-state index contributed by atoms with van der Waals surface area (Å²) in [6.45, 7) is 2.16. The van der Waals surface area contributed by atoms with Crippen molar-refractivity contribution in [2.75, 3.05) is 0 Å². The quantitative estimate of drug-likeness (QED) is 0.684. The van der Waals surface area contributed by atoms with E-state index >= 15 is 0 Å². The average molecular weight is 240 g/mol. The van der Waals surface area contributed by atoms with Crippen molar-refractivity contribution >= 4 is 10.9 Å². The van der Waals surface area contributed by atoms with Crippen LogP contribution in [-0.2, 0) is 7.05 Å². The second-order valence-corrected chi connectivity index (χ2v) is 5.31. The zero-order valence-electron chi connectivity index (χ0n) is 11.2. The van der Waals surface area contributed by atoms with Crippen molar-refractivity contribution in [2.45, 2.75) is 38.5 Å². The fraction of sp³-hybridized carbons (Fsp3) is 0.438. The number of fused-ring (bicyclic) bond motifs is 1. The Labute approximate surface area is 108 Å². The Hall–Kier alpha value is -1.57. The van der Waals surface area contributed by atoms with Crippen LogP contribution in [0.25, 0.3) is 10.9 Å². The van der Waals surface area contributed by atoms with Crippen molar-refractivity contribution in [3.8, 4) is 0 Å². The number of hydrogen-bond acceptors (Lipinski definition) is 1. The Kier molecular flexibility index (Phi) is 2.94. The van der Waals surface area contributed by atoms with Crippen LogP contribution in [0.5, 0.6) is 0 Å². The van der Waals surface area contributed by atoms with Gasteiger partial charge in [0.1, 0.15) is 0 Å². The minimum atomic E-state index is 0.735. The molecule has 1 aliphatic carbocycles. The first-order valence-electron chi connectivity index (χ1n) is 6.83. The van der Waals surface area contributed by atoms with Gasteiger partial charge in [0.25, 0.3) is 0 Å². The Morgan fingerprint density at radius 3 is 2.78 bits per heavy atom. The van der Waals surface area contributed by atoms with Crippen molar-refractivity contribution in [1.82, 2.24) is 9.78 Å². The molecule has 0 saturated heterocycles. The van der Waals surface area contributed by atoms with Gasteiger partial charge in [-0.2, -0.15) is 5.10 Å². The van der Waals surface area contributed by atoms with E-state index in [1.165, 1.54) is 42.1 Å². The summed E-state index contributed by atoms with van der Waals surface area (Å²) in [6, 6.07) is 6.83. The molecule has 0 spiro atoms. The topological polar surface area (TPSA) is 17.8 Å². The molecule has 0 amide bonds. The lowest BCUT2D eigenvalue weighted by atomic mass is 9.81. The largest absolute Gasteiger partial charge is 0.268 e. The van der Waals surface area contributed by atoms with Gasteiger partial charge in [0, 0.05) is 12.4 Å². The highest BCUT2D eigenvalue weighted by atomic mass is 15.2. The zero-order chi connectivity index (χ0) is 12.5. The monoisotopic (exact) mass is 240 g/mol. The summed E-state index contributed by atoms with van der Waals surface area (Å²) in [5.41, 5.74) is 4.35. The van der Waals surface area contributed by atoms with Gasteiger partial charge in [-0.25, -0.2) is 0 Å². The van der Waals surface area contributed by atoms with Crippen LogP contribution in [0, 0.1) is 0 Å². The molecule has 0 bridgehead atoms. The van der Waals surface area contributed by atoms with E-state index in [9.17, 15) is 0 Å². The summed E-state index contributed by atoms with van der Waals surface area (Å²) >= 11 is 0. The molecule has 1 aromatic heterocycles. The van der Waals surface area contributed by atoms with Gasteiger partial charge in [-0.1, -0.05) is 17.7 Å². The number of aromatic nitrogens is 2. The molecule has 2 aromatic rings. The van der Waals surface area contributed by atoms with E-state index in [-0.39, 0.29) is 0 Å². The van der Waals surface area contributed by atoms with E-state index in [1.54, 1.807) is 5.57 Å². The highest BCUT2D eigenvalue weighted by Gasteiger charge is 2.18. The van der Waals surface area contributed by atoms with Crippen molar-refractivity contribution < 1.29 is 0 Å². The van der Waals surface area contributed by atoms with Crippen LogP contribution >= 0.6 is 0 Å². The summed E-state index contributed by atoms with van der Waals surface area (Å²) in [7, 11) is 2.00. The van der Waals surface area contributed by atoms with Gasteiger partial charge >= 0.3 is 0 Å². The Morgan fingerprint density at radius 1 is 1.28 bits per heavy atom. The van der Waals surface area contributed by atoms with Crippen LogP contribution in [0.2, 0.25) is 0 Å². The number of benzene rings is 1. The summed E-state index contributed by atoms with van der Waals surface area (Å²) in [5.74, 6) is 0.735. The molecule has 0 aliphatic heterocycles. The lowest BCUT2D eigenvalue weighted by molar-refractivity contribution is 0.516. The standard InChI is InChI=1S/C16H20N2/c1-3-12-4-6-13(7-5-12)14-8-9-16-15(10-14)11-17-18(16)2/h3,8-11,13H,4-7H2,1-2H3. The van der Waals surface area contributed by atoms with Gasteiger partial charge in [-0.05, 0) is 56.2 Å².